The molecule has 0 N–H and O–H groups in total. The SMILES string of the molecule is CCCN(C)c1nc(-c2ccccc2)nc2c1CN(C(=O)C(C)(C)CCl)CC2. The average Bonchev–Trinajstić information content (AvgIpc) is 2.72. The summed E-state index contributed by atoms with van der Waals surface area (Å²) in [6.45, 7) is 8.05. The number of fused-ring (bicyclic) bond motifs is 1. The van der Waals surface area contributed by atoms with Crippen molar-refractivity contribution in [3.63, 3.8) is 0 Å². The largest absolute Gasteiger partial charge is 0.359 e. The number of carbonyl (C=O) groups is 1. The third-order valence-electron chi connectivity index (χ3n) is 5.19. The molecule has 0 saturated heterocycles. The topological polar surface area (TPSA) is 49.3 Å². The number of halogens is 1. The van der Waals surface area contributed by atoms with Crippen molar-refractivity contribution in [3.05, 3.63) is 41.6 Å². The predicted octanol–water partition coefficient (Wildman–Crippen LogP) is 4.14. The Bertz CT molecular complexity index is 838. The van der Waals surface area contributed by atoms with Crippen molar-refractivity contribution in [2.45, 2.75) is 40.2 Å². The minimum absolute atomic E-state index is 0.0874. The molecule has 2 heterocycles. The summed E-state index contributed by atoms with van der Waals surface area (Å²) >= 11 is 6.04. The number of alkyl halides is 1. The van der Waals surface area contributed by atoms with E-state index in [2.05, 4.69) is 18.9 Å². The lowest BCUT2D eigenvalue weighted by Crippen LogP contribution is -2.45. The van der Waals surface area contributed by atoms with Crippen LogP contribution in [-0.4, -0.2) is 46.8 Å². The van der Waals surface area contributed by atoms with Gasteiger partial charge < -0.3 is 9.80 Å². The number of amides is 1. The molecule has 1 aromatic carbocycles. The van der Waals surface area contributed by atoms with Crippen molar-refractivity contribution in [2.24, 2.45) is 5.41 Å². The minimum atomic E-state index is -0.570. The molecule has 5 nitrogen and oxygen atoms in total. The lowest BCUT2D eigenvalue weighted by atomic mass is 9.92. The maximum Gasteiger partial charge on any atom is 0.229 e. The van der Waals surface area contributed by atoms with Gasteiger partial charge in [-0.05, 0) is 20.3 Å². The minimum Gasteiger partial charge on any atom is -0.359 e. The number of hydrogen-bond donors (Lipinski definition) is 0. The van der Waals surface area contributed by atoms with E-state index < -0.39 is 5.41 Å². The Morgan fingerprint density at radius 2 is 1.96 bits per heavy atom. The number of rotatable bonds is 6. The van der Waals surface area contributed by atoms with Crippen LogP contribution in [0.5, 0.6) is 0 Å². The Morgan fingerprint density at radius 1 is 1.25 bits per heavy atom. The van der Waals surface area contributed by atoms with E-state index in [-0.39, 0.29) is 5.91 Å². The van der Waals surface area contributed by atoms with Crippen molar-refractivity contribution in [1.82, 2.24) is 14.9 Å². The molecule has 0 bridgehead atoms. The zero-order valence-corrected chi connectivity index (χ0v) is 18.0. The van der Waals surface area contributed by atoms with Gasteiger partial charge in [-0.15, -0.1) is 11.6 Å². The fraction of sp³-hybridized carbons (Fsp3) is 0.500. The molecule has 0 fully saturated rings. The van der Waals surface area contributed by atoms with Gasteiger partial charge in [-0.3, -0.25) is 4.79 Å². The molecule has 6 heteroatoms. The van der Waals surface area contributed by atoms with E-state index in [4.69, 9.17) is 21.6 Å². The van der Waals surface area contributed by atoms with Crippen LogP contribution in [0.15, 0.2) is 30.3 Å². The third kappa shape index (κ3) is 4.14. The highest BCUT2D eigenvalue weighted by Crippen LogP contribution is 2.31. The fourth-order valence-corrected chi connectivity index (χ4v) is 3.64. The van der Waals surface area contributed by atoms with Crippen molar-refractivity contribution in [2.75, 3.05) is 30.9 Å². The van der Waals surface area contributed by atoms with Gasteiger partial charge in [0.2, 0.25) is 5.91 Å². The predicted molar refractivity (Wildman–Crippen MR) is 115 cm³/mol. The Balaban J connectivity index is 2.01. The molecule has 0 atom stereocenters. The van der Waals surface area contributed by atoms with E-state index in [0.717, 1.165) is 47.8 Å². The van der Waals surface area contributed by atoms with Crippen LogP contribution in [0.4, 0.5) is 5.82 Å². The van der Waals surface area contributed by atoms with E-state index in [1.165, 1.54) is 0 Å². The molecule has 1 aliphatic rings. The molecule has 1 amide bonds. The van der Waals surface area contributed by atoms with Crippen LogP contribution in [0.1, 0.15) is 38.4 Å². The molecule has 0 unspecified atom stereocenters. The lowest BCUT2D eigenvalue weighted by molar-refractivity contribution is -0.140. The number of carbonyl (C=O) groups excluding carboxylic acids is 1. The van der Waals surface area contributed by atoms with Crippen molar-refractivity contribution >= 4 is 23.3 Å². The number of benzene rings is 1. The van der Waals surface area contributed by atoms with Crippen LogP contribution >= 0.6 is 11.6 Å². The second-order valence-corrected chi connectivity index (χ2v) is 8.35. The first kappa shape index (κ1) is 20.6. The molecule has 0 aliphatic carbocycles. The first-order valence-electron chi connectivity index (χ1n) is 9.89. The average molecular weight is 401 g/mol. The zero-order valence-electron chi connectivity index (χ0n) is 17.2. The van der Waals surface area contributed by atoms with E-state index in [1.54, 1.807) is 0 Å². The summed E-state index contributed by atoms with van der Waals surface area (Å²) in [5.74, 6) is 2.07. The van der Waals surface area contributed by atoms with Gasteiger partial charge in [-0.2, -0.15) is 0 Å². The van der Waals surface area contributed by atoms with E-state index in [9.17, 15) is 4.79 Å². The summed E-state index contributed by atoms with van der Waals surface area (Å²) in [5.41, 5.74) is 2.54. The number of hydrogen-bond acceptors (Lipinski definition) is 4. The highest BCUT2D eigenvalue weighted by molar-refractivity contribution is 6.19. The quantitative estimate of drug-likeness (QED) is 0.684. The molecular formula is C22H29ClN4O. The van der Waals surface area contributed by atoms with Crippen LogP contribution in [0.2, 0.25) is 0 Å². The number of nitrogens with zero attached hydrogens (tertiary/aromatic N) is 4. The van der Waals surface area contributed by atoms with Crippen LogP contribution in [-0.2, 0) is 17.8 Å². The summed E-state index contributed by atoms with van der Waals surface area (Å²) in [6, 6.07) is 10.1. The molecule has 1 aliphatic heterocycles. The fourth-order valence-electron chi connectivity index (χ4n) is 3.53. The normalized spacial score (nSPS) is 14.0. The molecule has 2 aromatic rings. The molecule has 28 heavy (non-hydrogen) atoms. The number of anilines is 1. The van der Waals surface area contributed by atoms with Gasteiger partial charge in [-0.1, -0.05) is 37.3 Å². The van der Waals surface area contributed by atoms with Crippen LogP contribution in [0, 0.1) is 5.41 Å². The molecule has 0 saturated carbocycles. The van der Waals surface area contributed by atoms with Crippen LogP contribution < -0.4 is 4.90 Å². The summed E-state index contributed by atoms with van der Waals surface area (Å²) in [4.78, 5) is 26.8. The molecular weight excluding hydrogens is 372 g/mol. The third-order valence-corrected chi connectivity index (χ3v) is 5.86. The molecule has 0 spiro atoms. The molecule has 0 radical (unpaired) electrons. The van der Waals surface area contributed by atoms with E-state index in [0.29, 0.717) is 19.0 Å². The van der Waals surface area contributed by atoms with Gasteiger partial charge in [-0.25, -0.2) is 9.97 Å². The Labute approximate surface area is 172 Å². The zero-order chi connectivity index (χ0) is 20.3. The summed E-state index contributed by atoms with van der Waals surface area (Å²) in [5, 5.41) is 0. The molecule has 1 aromatic heterocycles. The van der Waals surface area contributed by atoms with E-state index in [1.807, 2.05) is 49.1 Å². The summed E-state index contributed by atoms with van der Waals surface area (Å²) in [6.07, 6.45) is 1.76. The second kappa shape index (κ2) is 8.48. The van der Waals surface area contributed by atoms with Gasteiger partial charge in [0.25, 0.3) is 0 Å². The van der Waals surface area contributed by atoms with Gasteiger partial charge in [0.05, 0.1) is 17.7 Å². The Kier molecular flexibility index (Phi) is 6.23. The maximum atomic E-state index is 12.9. The second-order valence-electron chi connectivity index (χ2n) is 8.08. The number of aromatic nitrogens is 2. The first-order chi connectivity index (χ1) is 13.4. The van der Waals surface area contributed by atoms with Crippen molar-refractivity contribution in [3.8, 4) is 11.4 Å². The highest BCUT2D eigenvalue weighted by Gasteiger charge is 2.34. The van der Waals surface area contributed by atoms with Gasteiger partial charge in [0, 0.05) is 43.6 Å². The lowest BCUT2D eigenvalue weighted by Gasteiger charge is -2.35. The smallest absolute Gasteiger partial charge is 0.229 e. The van der Waals surface area contributed by atoms with Gasteiger partial charge in [0.1, 0.15) is 5.82 Å². The Hall–Kier alpha value is -2.14. The summed E-state index contributed by atoms with van der Waals surface area (Å²) in [7, 11) is 2.06. The Morgan fingerprint density at radius 3 is 2.61 bits per heavy atom. The van der Waals surface area contributed by atoms with Gasteiger partial charge in [0.15, 0.2) is 5.82 Å². The van der Waals surface area contributed by atoms with Crippen molar-refractivity contribution in [1.29, 1.82) is 0 Å². The monoisotopic (exact) mass is 400 g/mol. The standard InChI is InChI=1S/C22H29ClN4O/c1-5-12-26(4)20-17-14-27(21(28)22(2,3)15-23)13-11-18(17)24-19(25-20)16-9-7-6-8-10-16/h6-10H,5,11-15H2,1-4H3. The van der Waals surface area contributed by atoms with Crippen LogP contribution in [0.3, 0.4) is 0 Å². The van der Waals surface area contributed by atoms with Gasteiger partial charge >= 0.3 is 0 Å². The molecule has 3 rings (SSSR count). The summed E-state index contributed by atoms with van der Waals surface area (Å²) < 4.78 is 0. The van der Waals surface area contributed by atoms with E-state index >= 15 is 0 Å². The maximum absolute atomic E-state index is 12.9. The van der Waals surface area contributed by atoms with Crippen molar-refractivity contribution < 1.29 is 4.79 Å². The first-order valence-corrected chi connectivity index (χ1v) is 10.4. The van der Waals surface area contributed by atoms with Crippen LogP contribution in [0.25, 0.3) is 11.4 Å². The molecule has 150 valence electrons. The highest BCUT2D eigenvalue weighted by atomic mass is 35.5.